The smallest absolute Gasteiger partial charge is 0.335 e. The van der Waals surface area contributed by atoms with Crippen molar-refractivity contribution >= 4 is 17.3 Å². The molecule has 2 aliphatic heterocycles. The SMILES string of the molecule is Nc1ccc(C(=O)O)cc1NC1CC2CCC1O2. The van der Waals surface area contributed by atoms with E-state index in [1.54, 1.807) is 12.1 Å². The third-order valence-electron chi connectivity index (χ3n) is 3.75. The average molecular weight is 248 g/mol. The molecule has 2 fully saturated rings. The van der Waals surface area contributed by atoms with Gasteiger partial charge in [0.15, 0.2) is 0 Å². The topological polar surface area (TPSA) is 84.6 Å². The van der Waals surface area contributed by atoms with E-state index in [1.165, 1.54) is 6.07 Å². The van der Waals surface area contributed by atoms with Crippen LogP contribution in [0.4, 0.5) is 11.4 Å². The number of nitrogens with one attached hydrogen (secondary N) is 1. The molecule has 18 heavy (non-hydrogen) atoms. The Morgan fingerprint density at radius 1 is 1.44 bits per heavy atom. The lowest BCUT2D eigenvalue weighted by atomic mass is 9.95. The second kappa shape index (κ2) is 4.17. The molecule has 2 aliphatic rings. The summed E-state index contributed by atoms with van der Waals surface area (Å²) >= 11 is 0. The molecule has 1 aromatic carbocycles. The Morgan fingerprint density at radius 2 is 2.28 bits per heavy atom. The number of hydrogen-bond donors (Lipinski definition) is 3. The van der Waals surface area contributed by atoms with Gasteiger partial charge in [0, 0.05) is 0 Å². The number of benzene rings is 1. The van der Waals surface area contributed by atoms with E-state index >= 15 is 0 Å². The number of aromatic carboxylic acids is 1. The molecule has 96 valence electrons. The minimum atomic E-state index is -0.942. The second-order valence-corrected chi connectivity index (χ2v) is 4.97. The quantitative estimate of drug-likeness (QED) is 0.709. The van der Waals surface area contributed by atoms with Crippen LogP contribution in [0.1, 0.15) is 29.6 Å². The van der Waals surface area contributed by atoms with Crippen molar-refractivity contribution in [2.45, 2.75) is 37.5 Å². The van der Waals surface area contributed by atoms with Gasteiger partial charge in [0.05, 0.1) is 35.2 Å². The molecule has 4 N–H and O–H groups in total. The molecule has 5 heteroatoms. The molecule has 2 heterocycles. The van der Waals surface area contributed by atoms with Gasteiger partial charge in [0.1, 0.15) is 0 Å². The highest BCUT2D eigenvalue weighted by Gasteiger charge is 2.40. The van der Waals surface area contributed by atoms with Crippen LogP contribution in [-0.2, 0) is 4.74 Å². The first-order valence-electron chi connectivity index (χ1n) is 6.18. The van der Waals surface area contributed by atoms with Crippen LogP contribution >= 0.6 is 0 Å². The lowest BCUT2D eigenvalue weighted by molar-refractivity contribution is 0.0697. The molecular weight excluding hydrogens is 232 g/mol. The van der Waals surface area contributed by atoms with Crippen LogP contribution in [0.3, 0.4) is 0 Å². The zero-order valence-electron chi connectivity index (χ0n) is 9.93. The minimum Gasteiger partial charge on any atom is -0.478 e. The molecular formula is C13H16N2O3. The Bertz CT molecular complexity index is 489. The molecule has 0 aromatic heterocycles. The van der Waals surface area contributed by atoms with Gasteiger partial charge in [-0.2, -0.15) is 0 Å². The highest BCUT2D eigenvalue weighted by atomic mass is 16.5. The predicted octanol–water partition coefficient (Wildman–Crippen LogP) is 1.70. The zero-order chi connectivity index (χ0) is 12.7. The van der Waals surface area contributed by atoms with E-state index in [4.69, 9.17) is 15.6 Å². The number of anilines is 2. The van der Waals surface area contributed by atoms with Crippen molar-refractivity contribution in [2.75, 3.05) is 11.1 Å². The van der Waals surface area contributed by atoms with Crippen LogP contribution in [0, 0.1) is 0 Å². The summed E-state index contributed by atoms with van der Waals surface area (Å²) < 4.78 is 5.75. The second-order valence-electron chi connectivity index (χ2n) is 4.97. The summed E-state index contributed by atoms with van der Waals surface area (Å²) in [6.45, 7) is 0. The van der Waals surface area contributed by atoms with E-state index in [0.29, 0.717) is 17.5 Å². The molecule has 2 saturated heterocycles. The fraction of sp³-hybridized carbons (Fsp3) is 0.462. The van der Waals surface area contributed by atoms with Crippen molar-refractivity contribution in [3.8, 4) is 0 Å². The standard InChI is InChI=1S/C13H16N2O3/c14-9-3-1-7(13(16)17)5-10(9)15-11-6-8-2-4-12(11)18-8/h1,3,5,8,11-12,15H,2,4,6,14H2,(H,16,17). The number of nitrogens with two attached hydrogens (primary N) is 1. The molecule has 3 rings (SSSR count). The number of carboxylic acids is 1. The molecule has 3 unspecified atom stereocenters. The van der Waals surface area contributed by atoms with Gasteiger partial charge in [0.2, 0.25) is 0 Å². The summed E-state index contributed by atoms with van der Waals surface area (Å²) in [6, 6.07) is 4.97. The van der Waals surface area contributed by atoms with Crippen LogP contribution in [0.25, 0.3) is 0 Å². The van der Waals surface area contributed by atoms with Crippen LogP contribution in [0.5, 0.6) is 0 Å². The van der Waals surface area contributed by atoms with Crippen molar-refractivity contribution in [1.82, 2.24) is 0 Å². The van der Waals surface area contributed by atoms with E-state index in [9.17, 15) is 4.79 Å². The van der Waals surface area contributed by atoms with E-state index < -0.39 is 5.97 Å². The monoisotopic (exact) mass is 248 g/mol. The van der Waals surface area contributed by atoms with E-state index in [2.05, 4.69) is 5.32 Å². The number of rotatable bonds is 3. The summed E-state index contributed by atoms with van der Waals surface area (Å²) in [5, 5.41) is 12.3. The Kier molecular flexibility index (Phi) is 2.63. The fourth-order valence-electron chi connectivity index (χ4n) is 2.80. The number of fused-ring (bicyclic) bond motifs is 2. The summed E-state index contributed by atoms with van der Waals surface area (Å²) in [7, 11) is 0. The average Bonchev–Trinajstić information content (AvgIpc) is 2.93. The zero-order valence-corrected chi connectivity index (χ0v) is 9.93. The van der Waals surface area contributed by atoms with Crippen LogP contribution < -0.4 is 11.1 Å². The molecule has 0 aliphatic carbocycles. The van der Waals surface area contributed by atoms with Gasteiger partial charge < -0.3 is 20.9 Å². The Balaban J connectivity index is 1.79. The number of carboxylic acid groups (broad SMARTS) is 1. The molecule has 2 bridgehead atoms. The van der Waals surface area contributed by atoms with E-state index in [-0.39, 0.29) is 17.7 Å². The van der Waals surface area contributed by atoms with Crippen LogP contribution in [0.15, 0.2) is 18.2 Å². The largest absolute Gasteiger partial charge is 0.478 e. The van der Waals surface area contributed by atoms with Crippen molar-refractivity contribution in [3.05, 3.63) is 23.8 Å². The molecule has 3 atom stereocenters. The van der Waals surface area contributed by atoms with Crippen molar-refractivity contribution in [2.24, 2.45) is 0 Å². The molecule has 0 amide bonds. The summed E-state index contributed by atoms with van der Waals surface area (Å²) in [5.74, 6) is -0.942. The molecule has 1 aromatic rings. The van der Waals surface area contributed by atoms with Crippen LogP contribution in [-0.4, -0.2) is 29.3 Å². The van der Waals surface area contributed by atoms with Gasteiger partial charge in [-0.25, -0.2) is 4.79 Å². The fourth-order valence-corrected chi connectivity index (χ4v) is 2.80. The van der Waals surface area contributed by atoms with Gasteiger partial charge in [-0.1, -0.05) is 0 Å². The molecule has 0 radical (unpaired) electrons. The van der Waals surface area contributed by atoms with Crippen molar-refractivity contribution < 1.29 is 14.6 Å². The highest BCUT2D eigenvalue weighted by Crippen LogP contribution is 2.36. The molecule has 0 spiro atoms. The summed E-state index contributed by atoms with van der Waals surface area (Å²) in [5.41, 5.74) is 7.38. The Morgan fingerprint density at radius 3 is 2.89 bits per heavy atom. The predicted molar refractivity (Wildman–Crippen MR) is 67.7 cm³/mol. The normalized spacial score (nSPS) is 29.4. The van der Waals surface area contributed by atoms with Crippen LogP contribution in [0.2, 0.25) is 0 Å². The first-order chi connectivity index (χ1) is 8.63. The lowest BCUT2D eigenvalue weighted by Crippen LogP contribution is -2.30. The summed E-state index contributed by atoms with van der Waals surface area (Å²) in [6.07, 6.45) is 3.77. The van der Waals surface area contributed by atoms with Gasteiger partial charge in [-0.3, -0.25) is 0 Å². The van der Waals surface area contributed by atoms with Crippen molar-refractivity contribution in [1.29, 1.82) is 0 Å². The first kappa shape index (κ1) is 11.3. The molecule has 0 saturated carbocycles. The highest BCUT2D eigenvalue weighted by molar-refractivity contribution is 5.90. The maximum Gasteiger partial charge on any atom is 0.335 e. The van der Waals surface area contributed by atoms with Gasteiger partial charge in [-0.05, 0) is 37.5 Å². The third-order valence-corrected chi connectivity index (χ3v) is 3.75. The third kappa shape index (κ3) is 1.90. The number of hydrogen-bond acceptors (Lipinski definition) is 4. The number of nitrogen functional groups attached to an aromatic ring is 1. The number of ether oxygens (including phenoxy) is 1. The maximum atomic E-state index is 10.9. The van der Waals surface area contributed by atoms with E-state index in [1.807, 2.05) is 0 Å². The van der Waals surface area contributed by atoms with E-state index in [0.717, 1.165) is 19.3 Å². The van der Waals surface area contributed by atoms with Gasteiger partial charge >= 0.3 is 5.97 Å². The maximum absolute atomic E-state index is 10.9. The lowest BCUT2D eigenvalue weighted by Gasteiger charge is -2.22. The Labute approximate surface area is 105 Å². The Hall–Kier alpha value is -1.75. The van der Waals surface area contributed by atoms with Crippen molar-refractivity contribution in [3.63, 3.8) is 0 Å². The first-order valence-corrected chi connectivity index (χ1v) is 6.18. The van der Waals surface area contributed by atoms with Gasteiger partial charge in [-0.15, -0.1) is 0 Å². The minimum absolute atomic E-state index is 0.239. The van der Waals surface area contributed by atoms with Gasteiger partial charge in [0.25, 0.3) is 0 Å². The summed E-state index contributed by atoms with van der Waals surface area (Å²) in [4.78, 5) is 10.9. The number of carbonyl (C=O) groups is 1. The molecule has 5 nitrogen and oxygen atoms in total.